The van der Waals surface area contributed by atoms with Crippen molar-refractivity contribution in [3.8, 4) is 28.0 Å². The number of nitrogens with two attached hydrogens (primary N) is 1. The van der Waals surface area contributed by atoms with Gasteiger partial charge in [-0.1, -0.05) is 43.7 Å². The lowest BCUT2D eigenvalue weighted by molar-refractivity contribution is -0.118. The van der Waals surface area contributed by atoms with Gasteiger partial charge < -0.3 is 31.5 Å². The highest BCUT2D eigenvalue weighted by Gasteiger charge is 2.30. The molecule has 1 unspecified atom stereocenters. The molecule has 1 heterocycles. The van der Waals surface area contributed by atoms with Crippen LogP contribution in [0.15, 0.2) is 54.2 Å². The molecule has 6 N–H and O–H groups in total. The standard InChI is InChI=1S/C35H42FN5O5/c1-6-10-25-26(17-29(36)27(32(25)46-5)18-38-16-9-15-31(37)42)23-12-7-11-22(20(23)2)24-13-8-14-30(21(24)3)40-33(43)28-19-39-35(45)41(4)34(28)44/h7-8,11-14,17,19,34,38,44H,6,9-10,15-16,18H2,1-5H3,(H2,37,42)(H,39,45)(H,40,43). The molecule has 244 valence electrons. The molecule has 4 rings (SSSR count). The summed E-state index contributed by atoms with van der Waals surface area (Å²) in [7, 11) is 2.95. The number of halogens is 1. The van der Waals surface area contributed by atoms with Crippen molar-refractivity contribution >= 4 is 23.5 Å². The van der Waals surface area contributed by atoms with Crippen molar-refractivity contribution in [3.05, 3.63) is 82.3 Å². The van der Waals surface area contributed by atoms with Crippen molar-refractivity contribution in [2.24, 2.45) is 5.73 Å². The van der Waals surface area contributed by atoms with Crippen LogP contribution in [0.5, 0.6) is 5.75 Å². The number of likely N-dealkylation sites (N-methyl/N-ethyl adjacent to an activating group) is 1. The zero-order chi connectivity index (χ0) is 33.5. The monoisotopic (exact) mass is 631 g/mol. The normalized spacial score (nSPS) is 14.5. The van der Waals surface area contributed by atoms with E-state index in [9.17, 15) is 19.5 Å². The van der Waals surface area contributed by atoms with Crippen molar-refractivity contribution in [2.45, 2.75) is 59.2 Å². The number of methoxy groups -OCH3 is 1. The second-order valence-electron chi connectivity index (χ2n) is 11.3. The lowest BCUT2D eigenvalue weighted by Gasteiger charge is -2.29. The summed E-state index contributed by atoms with van der Waals surface area (Å²) in [4.78, 5) is 37.0. The Morgan fingerprint density at radius 2 is 1.72 bits per heavy atom. The number of rotatable bonds is 13. The molecule has 3 aromatic rings. The summed E-state index contributed by atoms with van der Waals surface area (Å²) in [5, 5.41) is 19.0. The van der Waals surface area contributed by atoms with Crippen molar-refractivity contribution in [1.82, 2.24) is 15.5 Å². The number of carbonyl (C=O) groups excluding carboxylic acids is 3. The van der Waals surface area contributed by atoms with Gasteiger partial charge in [0.1, 0.15) is 11.6 Å². The maximum atomic E-state index is 15.8. The molecule has 0 saturated carbocycles. The fourth-order valence-corrected chi connectivity index (χ4v) is 5.76. The first kappa shape index (κ1) is 34.1. The molecule has 46 heavy (non-hydrogen) atoms. The minimum absolute atomic E-state index is 0.00816. The van der Waals surface area contributed by atoms with Crippen LogP contribution in [0.2, 0.25) is 0 Å². The summed E-state index contributed by atoms with van der Waals surface area (Å²) >= 11 is 0. The molecule has 1 aliphatic rings. The second-order valence-corrected chi connectivity index (χ2v) is 11.3. The highest BCUT2D eigenvalue weighted by molar-refractivity contribution is 6.06. The van der Waals surface area contributed by atoms with E-state index in [1.165, 1.54) is 13.2 Å². The van der Waals surface area contributed by atoms with Gasteiger partial charge in [-0.2, -0.15) is 0 Å². The van der Waals surface area contributed by atoms with Crippen LogP contribution in [-0.2, 0) is 22.6 Å². The number of nitrogens with zero attached hydrogens (tertiary/aromatic N) is 1. The van der Waals surface area contributed by atoms with Crippen LogP contribution in [0, 0.1) is 19.7 Å². The maximum absolute atomic E-state index is 15.8. The Balaban J connectivity index is 1.70. The van der Waals surface area contributed by atoms with E-state index in [-0.39, 0.29) is 30.3 Å². The molecular formula is C35H42FN5O5. The summed E-state index contributed by atoms with van der Waals surface area (Å²) in [5.41, 5.74) is 12.3. The van der Waals surface area contributed by atoms with E-state index in [0.29, 0.717) is 36.4 Å². The minimum atomic E-state index is -1.38. The Kier molecular flexibility index (Phi) is 11.2. The van der Waals surface area contributed by atoms with Gasteiger partial charge >= 0.3 is 6.03 Å². The fraction of sp³-hybridized carbons (Fsp3) is 0.343. The van der Waals surface area contributed by atoms with Crippen LogP contribution in [0.4, 0.5) is 14.9 Å². The molecule has 4 amide bonds. The SMILES string of the molecule is CCCc1c(-c2cccc(-c3cccc(NC(=O)C4=CNC(=O)N(C)C4O)c3C)c2C)cc(F)c(CNCCCC(N)=O)c1OC. The number of aliphatic hydroxyl groups is 1. The van der Waals surface area contributed by atoms with E-state index in [2.05, 4.69) is 22.9 Å². The zero-order valence-corrected chi connectivity index (χ0v) is 26.9. The number of anilines is 1. The van der Waals surface area contributed by atoms with Crippen molar-refractivity contribution in [2.75, 3.05) is 26.0 Å². The Hall–Kier alpha value is -4.74. The highest BCUT2D eigenvalue weighted by Crippen LogP contribution is 2.41. The number of aliphatic hydroxyl groups excluding tert-OH is 1. The largest absolute Gasteiger partial charge is 0.496 e. The van der Waals surface area contributed by atoms with Gasteiger partial charge in [-0.05, 0) is 78.7 Å². The average molecular weight is 632 g/mol. The first-order valence-electron chi connectivity index (χ1n) is 15.3. The summed E-state index contributed by atoms with van der Waals surface area (Å²) in [6.45, 7) is 6.72. The van der Waals surface area contributed by atoms with Crippen LogP contribution < -0.4 is 26.4 Å². The first-order valence-corrected chi connectivity index (χ1v) is 15.3. The number of hydrogen-bond donors (Lipinski definition) is 5. The van der Waals surface area contributed by atoms with Gasteiger partial charge in [0.15, 0.2) is 6.23 Å². The number of urea groups is 1. The molecule has 0 spiro atoms. The Morgan fingerprint density at radius 1 is 1.07 bits per heavy atom. The van der Waals surface area contributed by atoms with Gasteiger partial charge in [0.25, 0.3) is 5.91 Å². The Labute approximate surface area is 268 Å². The summed E-state index contributed by atoms with van der Waals surface area (Å²) in [5.74, 6) is -0.795. The van der Waals surface area contributed by atoms with Gasteiger partial charge in [-0.25, -0.2) is 9.18 Å². The van der Waals surface area contributed by atoms with E-state index >= 15 is 4.39 Å². The molecule has 1 atom stereocenters. The molecule has 0 bridgehead atoms. The lowest BCUT2D eigenvalue weighted by Crippen LogP contribution is -2.49. The molecule has 0 fully saturated rings. The van der Waals surface area contributed by atoms with Gasteiger partial charge in [-0.3, -0.25) is 14.5 Å². The second kappa shape index (κ2) is 15.0. The average Bonchev–Trinajstić information content (AvgIpc) is 3.02. The van der Waals surface area contributed by atoms with Gasteiger partial charge in [-0.15, -0.1) is 0 Å². The van der Waals surface area contributed by atoms with Crippen molar-refractivity contribution in [3.63, 3.8) is 0 Å². The molecule has 1 aliphatic heterocycles. The molecular weight excluding hydrogens is 589 g/mol. The summed E-state index contributed by atoms with van der Waals surface area (Å²) in [6, 6.07) is 12.5. The van der Waals surface area contributed by atoms with Crippen LogP contribution in [0.25, 0.3) is 22.3 Å². The molecule has 0 aliphatic carbocycles. The number of ether oxygens (including phenoxy) is 1. The Bertz CT molecular complexity index is 1670. The zero-order valence-electron chi connectivity index (χ0n) is 26.9. The number of amides is 4. The quantitative estimate of drug-likeness (QED) is 0.170. The van der Waals surface area contributed by atoms with Crippen molar-refractivity contribution < 1.29 is 28.6 Å². The molecule has 3 aromatic carbocycles. The van der Waals surface area contributed by atoms with E-state index in [1.807, 2.05) is 44.2 Å². The lowest BCUT2D eigenvalue weighted by atomic mass is 9.87. The van der Waals surface area contributed by atoms with E-state index in [1.54, 1.807) is 19.2 Å². The predicted octanol–water partition coefficient (Wildman–Crippen LogP) is 4.89. The molecule has 0 radical (unpaired) electrons. The summed E-state index contributed by atoms with van der Waals surface area (Å²) < 4.78 is 21.6. The molecule has 10 nitrogen and oxygen atoms in total. The molecule has 0 saturated heterocycles. The fourth-order valence-electron chi connectivity index (χ4n) is 5.76. The summed E-state index contributed by atoms with van der Waals surface area (Å²) in [6.07, 6.45) is 2.15. The molecule has 11 heteroatoms. The van der Waals surface area contributed by atoms with Crippen LogP contribution in [-0.4, -0.2) is 54.8 Å². The molecule has 0 aromatic heterocycles. The third-order valence-corrected chi connectivity index (χ3v) is 8.29. The van der Waals surface area contributed by atoms with Crippen molar-refractivity contribution in [1.29, 1.82) is 0 Å². The number of benzene rings is 3. The smallest absolute Gasteiger partial charge is 0.323 e. The van der Waals surface area contributed by atoms with Crippen LogP contribution >= 0.6 is 0 Å². The van der Waals surface area contributed by atoms with Gasteiger partial charge in [0.2, 0.25) is 5.91 Å². The van der Waals surface area contributed by atoms with Gasteiger partial charge in [0, 0.05) is 43.0 Å². The minimum Gasteiger partial charge on any atom is -0.496 e. The third-order valence-electron chi connectivity index (χ3n) is 8.29. The van der Waals surface area contributed by atoms with Crippen LogP contribution in [0.3, 0.4) is 0 Å². The maximum Gasteiger partial charge on any atom is 0.323 e. The predicted molar refractivity (Wildman–Crippen MR) is 176 cm³/mol. The third kappa shape index (κ3) is 7.21. The number of hydrogen-bond acceptors (Lipinski definition) is 6. The number of nitrogens with one attached hydrogen (secondary N) is 3. The van der Waals surface area contributed by atoms with E-state index in [4.69, 9.17) is 10.5 Å². The first-order chi connectivity index (χ1) is 22.0. The number of primary amides is 1. The van der Waals surface area contributed by atoms with Gasteiger partial charge in [0.05, 0.1) is 12.7 Å². The number of carbonyl (C=O) groups is 3. The topological polar surface area (TPSA) is 146 Å². The van der Waals surface area contributed by atoms with Crippen LogP contribution in [0.1, 0.15) is 48.4 Å². The Morgan fingerprint density at radius 3 is 2.37 bits per heavy atom. The van der Waals surface area contributed by atoms with E-state index < -0.39 is 18.2 Å². The highest BCUT2D eigenvalue weighted by atomic mass is 19.1. The van der Waals surface area contributed by atoms with E-state index in [0.717, 1.165) is 50.3 Å².